The maximum Gasteiger partial charge on any atom is 0.265 e. The number of anilines is 2. The third-order valence-electron chi connectivity index (χ3n) is 4.47. The van der Waals surface area contributed by atoms with Gasteiger partial charge in [-0.2, -0.15) is 0 Å². The number of nitrogens with one attached hydrogen (secondary N) is 2. The quantitative estimate of drug-likeness (QED) is 0.580. The predicted octanol–water partition coefficient (Wildman–Crippen LogP) is 1.07. The van der Waals surface area contributed by atoms with Crippen molar-refractivity contribution in [3.05, 3.63) is 42.5 Å². The molecule has 1 saturated heterocycles. The molecule has 3 N–H and O–H groups in total. The summed E-state index contributed by atoms with van der Waals surface area (Å²) in [5, 5.41) is 12.8. The van der Waals surface area contributed by atoms with Crippen molar-refractivity contribution in [2.45, 2.75) is 17.0 Å². The first-order valence-corrected chi connectivity index (χ1v) is 11.9. The first kappa shape index (κ1) is 21.2. The second-order valence-corrected chi connectivity index (χ2v) is 10.4. The molecule has 9 nitrogen and oxygen atoms in total. The summed E-state index contributed by atoms with van der Waals surface area (Å²) in [5.41, 5.74) is 0.879. The molecule has 1 fully saturated rings. The van der Waals surface area contributed by atoms with Crippen molar-refractivity contribution in [1.82, 2.24) is 0 Å². The van der Waals surface area contributed by atoms with Crippen LogP contribution in [0.5, 0.6) is 11.5 Å². The van der Waals surface area contributed by atoms with Crippen LogP contribution in [0.2, 0.25) is 0 Å². The van der Waals surface area contributed by atoms with Crippen LogP contribution in [0.25, 0.3) is 0 Å². The summed E-state index contributed by atoms with van der Waals surface area (Å²) in [7, 11) is -4.34. The fraction of sp³-hybridized carbons (Fsp3) is 0.333. The van der Waals surface area contributed by atoms with E-state index in [1.54, 1.807) is 12.1 Å². The normalized spacial score (nSPS) is 20.8. The lowest BCUT2D eigenvalue weighted by Crippen LogP contribution is -2.31. The van der Waals surface area contributed by atoms with Gasteiger partial charge in [-0.05, 0) is 36.4 Å². The van der Waals surface area contributed by atoms with Crippen LogP contribution in [0.15, 0.2) is 47.4 Å². The van der Waals surface area contributed by atoms with E-state index >= 15 is 0 Å². The van der Waals surface area contributed by atoms with Crippen LogP contribution < -0.4 is 19.5 Å². The highest BCUT2D eigenvalue weighted by Crippen LogP contribution is 2.30. The molecule has 158 valence electrons. The minimum atomic E-state index is -3.91. The number of hydrogen-bond acceptors (Lipinski definition) is 8. The molecule has 0 bridgehead atoms. The van der Waals surface area contributed by atoms with Gasteiger partial charge in [0.15, 0.2) is 9.84 Å². The molecule has 0 unspecified atom stereocenters. The van der Waals surface area contributed by atoms with E-state index in [2.05, 4.69) is 10.0 Å². The van der Waals surface area contributed by atoms with E-state index in [1.807, 2.05) is 0 Å². The largest absolute Gasteiger partial charge is 0.497 e. The van der Waals surface area contributed by atoms with E-state index in [9.17, 15) is 21.9 Å². The van der Waals surface area contributed by atoms with Crippen molar-refractivity contribution < 1.29 is 31.4 Å². The van der Waals surface area contributed by atoms with Crippen molar-refractivity contribution in [3.63, 3.8) is 0 Å². The smallest absolute Gasteiger partial charge is 0.265 e. The topological polar surface area (TPSA) is 131 Å². The summed E-state index contributed by atoms with van der Waals surface area (Å²) in [4.78, 5) is -0.0395. The Hall–Kier alpha value is -2.50. The number of hydrogen-bond donors (Lipinski definition) is 3. The molecule has 0 aliphatic carbocycles. The lowest BCUT2D eigenvalue weighted by atomic mass is 10.2. The van der Waals surface area contributed by atoms with Crippen molar-refractivity contribution in [2.24, 2.45) is 0 Å². The number of sulfonamides is 1. The molecule has 0 radical (unpaired) electrons. The minimum absolute atomic E-state index is 0.0395. The Morgan fingerprint density at radius 1 is 1.00 bits per heavy atom. The molecule has 3 rings (SSSR count). The van der Waals surface area contributed by atoms with Gasteiger partial charge in [0.2, 0.25) is 0 Å². The van der Waals surface area contributed by atoms with Gasteiger partial charge < -0.3 is 19.9 Å². The Kier molecular flexibility index (Phi) is 5.92. The van der Waals surface area contributed by atoms with Gasteiger partial charge in [0.05, 0.1) is 37.9 Å². The van der Waals surface area contributed by atoms with Gasteiger partial charge in [-0.15, -0.1) is 0 Å². The van der Waals surface area contributed by atoms with Gasteiger partial charge in [-0.1, -0.05) is 0 Å². The van der Waals surface area contributed by atoms with Crippen LogP contribution in [0.4, 0.5) is 11.4 Å². The van der Waals surface area contributed by atoms with Crippen LogP contribution in [0, 0.1) is 0 Å². The Bertz CT molecular complexity index is 1080. The van der Waals surface area contributed by atoms with Crippen molar-refractivity contribution >= 4 is 31.2 Å². The average molecular weight is 443 g/mol. The number of rotatable bonds is 7. The van der Waals surface area contributed by atoms with E-state index in [0.29, 0.717) is 17.1 Å². The summed E-state index contributed by atoms with van der Waals surface area (Å²) < 4.78 is 61.3. The number of methoxy groups -OCH3 is 2. The highest BCUT2D eigenvalue weighted by molar-refractivity contribution is 7.93. The van der Waals surface area contributed by atoms with Crippen LogP contribution in [-0.4, -0.2) is 59.8 Å². The third-order valence-corrected chi connectivity index (χ3v) is 7.61. The van der Waals surface area contributed by atoms with Gasteiger partial charge in [-0.3, -0.25) is 4.72 Å². The molecule has 2 aromatic rings. The second-order valence-electron chi connectivity index (χ2n) is 6.59. The maximum absolute atomic E-state index is 12.7. The molecule has 0 amide bonds. The Labute approximate surface area is 169 Å². The van der Waals surface area contributed by atoms with Crippen LogP contribution in [0.3, 0.4) is 0 Å². The number of ether oxygens (including phenoxy) is 2. The molecule has 29 heavy (non-hydrogen) atoms. The number of aliphatic hydroxyl groups excluding tert-OH is 1. The Balaban J connectivity index is 1.74. The summed E-state index contributed by atoms with van der Waals surface area (Å²) >= 11 is 0. The van der Waals surface area contributed by atoms with Gasteiger partial charge in [0, 0.05) is 17.4 Å². The molecule has 1 aliphatic heterocycles. The molecule has 0 spiro atoms. The SMILES string of the molecule is COc1ccc(S(=O)(=O)Nc2ccc(N[C@@H]3CS(=O)(=O)C[C@H]3O)cc2)c(OC)c1. The second kappa shape index (κ2) is 8.09. The average Bonchev–Trinajstić information content (AvgIpc) is 2.93. The summed E-state index contributed by atoms with van der Waals surface area (Å²) in [6, 6.07) is 10.0. The molecule has 2 atom stereocenters. The van der Waals surface area contributed by atoms with E-state index < -0.39 is 32.0 Å². The molecule has 1 heterocycles. The first-order valence-electron chi connectivity index (χ1n) is 8.63. The molecule has 0 saturated carbocycles. The highest BCUT2D eigenvalue weighted by Gasteiger charge is 2.36. The lowest BCUT2D eigenvalue weighted by molar-refractivity contribution is 0.190. The van der Waals surface area contributed by atoms with Crippen LogP contribution >= 0.6 is 0 Å². The Morgan fingerprint density at radius 2 is 1.66 bits per heavy atom. The van der Waals surface area contributed by atoms with Crippen molar-refractivity contribution in [2.75, 3.05) is 35.8 Å². The summed E-state index contributed by atoms with van der Waals surface area (Å²) in [6.45, 7) is 0. The van der Waals surface area contributed by atoms with E-state index in [-0.39, 0.29) is 22.2 Å². The Morgan fingerprint density at radius 3 is 2.21 bits per heavy atom. The summed E-state index contributed by atoms with van der Waals surface area (Å²) in [6.07, 6.45) is -0.985. The first-order chi connectivity index (χ1) is 13.6. The zero-order valence-electron chi connectivity index (χ0n) is 15.8. The van der Waals surface area contributed by atoms with E-state index in [4.69, 9.17) is 9.47 Å². The fourth-order valence-corrected chi connectivity index (χ4v) is 5.97. The molecule has 2 aromatic carbocycles. The highest BCUT2D eigenvalue weighted by atomic mass is 32.2. The van der Waals surface area contributed by atoms with Crippen molar-refractivity contribution in [3.8, 4) is 11.5 Å². The minimum Gasteiger partial charge on any atom is -0.497 e. The zero-order valence-corrected chi connectivity index (χ0v) is 17.5. The number of benzene rings is 2. The van der Waals surface area contributed by atoms with E-state index in [1.165, 1.54) is 44.6 Å². The molecule has 0 aromatic heterocycles. The van der Waals surface area contributed by atoms with Gasteiger partial charge >= 0.3 is 0 Å². The maximum atomic E-state index is 12.7. The van der Waals surface area contributed by atoms with Crippen LogP contribution in [0.1, 0.15) is 0 Å². The molecular formula is C18H22N2O7S2. The fourth-order valence-electron chi connectivity index (χ4n) is 3.02. The predicted molar refractivity (Wildman–Crippen MR) is 109 cm³/mol. The van der Waals surface area contributed by atoms with E-state index in [0.717, 1.165) is 0 Å². The van der Waals surface area contributed by atoms with Gasteiger partial charge in [0.1, 0.15) is 16.4 Å². The van der Waals surface area contributed by atoms with Gasteiger partial charge in [0.25, 0.3) is 10.0 Å². The zero-order chi connectivity index (χ0) is 21.2. The molecule has 11 heteroatoms. The van der Waals surface area contributed by atoms with Crippen molar-refractivity contribution in [1.29, 1.82) is 0 Å². The standard InChI is InChI=1S/C18H22N2O7S2/c1-26-14-7-8-18(17(9-14)27-2)29(24,25)20-13-5-3-12(4-6-13)19-15-10-28(22,23)11-16(15)21/h3-9,15-16,19-21H,10-11H2,1-2H3/t15-,16-/m1/s1. The van der Waals surface area contributed by atoms with Crippen LogP contribution in [-0.2, 0) is 19.9 Å². The monoisotopic (exact) mass is 442 g/mol. The number of aliphatic hydroxyl groups is 1. The van der Waals surface area contributed by atoms with Gasteiger partial charge in [-0.25, -0.2) is 16.8 Å². The lowest BCUT2D eigenvalue weighted by Gasteiger charge is -2.17. The molecule has 1 aliphatic rings. The third kappa shape index (κ3) is 4.92. The summed E-state index contributed by atoms with van der Waals surface area (Å²) in [5.74, 6) is 0.186. The molecular weight excluding hydrogens is 420 g/mol. The number of sulfone groups is 1.